The van der Waals surface area contributed by atoms with Gasteiger partial charge in [0.2, 0.25) is 11.9 Å². The molecule has 1 unspecified atom stereocenters. The minimum Gasteiger partial charge on any atom is -0.394 e. The molecule has 1 aromatic carbocycles. The molecule has 1 amide bonds. The third-order valence-corrected chi connectivity index (χ3v) is 6.21. The van der Waals surface area contributed by atoms with E-state index in [-0.39, 0.29) is 29.5 Å². The molecular formula is C24H24N8O4. The van der Waals surface area contributed by atoms with Gasteiger partial charge < -0.3 is 15.3 Å². The Bertz CT molecular complexity index is 1600. The van der Waals surface area contributed by atoms with Gasteiger partial charge in [-0.2, -0.15) is 10.1 Å². The fraction of sp³-hybridized carbons (Fsp3) is 0.250. The van der Waals surface area contributed by atoms with E-state index in [1.165, 1.54) is 21.4 Å². The standard InChI is InChI=1S/C24H24N8O4/c1-3-20(34)31-9-8-19(16-6-4-5-7-18(16)31)32-22(35)17-13-25-23(28-21(17)29(2)24(32)36)27-15-12-26-30(14-15)10-11-33/h3-7,12-14,19,33H,1,8-11H2,2H3,(H,25,27,28). The average Bonchev–Trinajstić information content (AvgIpc) is 3.34. The first-order valence-electron chi connectivity index (χ1n) is 11.3. The van der Waals surface area contributed by atoms with Crippen molar-refractivity contribution in [3.05, 3.63) is 81.9 Å². The SMILES string of the molecule is C=CC(=O)N1CCC(n2c(=O)c3cnc(Nc4cnn(CCO)c4)nc3n(C)c2=O)c2ccccc21. The summed E-state index contributed by atoms with van der Waals surface area (Å²) in [6.07, 6.45) is 6.26. The third-order valence-electron chi connectivity index (χ3n) is 6.21. The molecule has 1 aliphatic heterocycles. The Hall–Kier alpha value is -4.58. The molecule has 1 aliphatic rings. The largest absolute Gasteiger partial charge is 0.394 e. The van der Waals surface area contributed by atoms with Gasteiger partial charge in [0.05, 0.1) is 31.1 Å². The lowest BCUT2D eigenvalue weighted by molar-refractivity contribution is -0.114. The molecule has 0 spiro atoms. The van der Waals surface area contributed by atoms with Crippen LogP contribution in [0, 0.1) is 0 Å². The van der Waals surface area contributed by atoms with E-state index in [0.717, 1.165) is 0 Å². The lowest BCUT2D eigenvalue weighted by Gasteiger charge is -2.34. The van der Waals surface area contributed by atoms with Gasteiger partial charge in [0.15, 0.2) is 5.65 Å². The van der Waals surface area contributed by atoms with Gasteiger partial charge in [-0.15, -0.1) is 0 Å². The fourth-order valence-corrected chi connectivity index (χ4v) is 4.51. The summed E-state index contributed by atoms with van der Waals surface area (Å²) in [5.41, 5.74) is 1.12. The number of fused-ring (bicyclic) bond motifs is 2. The number of hydrogen-bond donors (Lipinski definition) is 2. The van der Waals surface area contributed by atoms with Gasteiger partial charge in [-0.05, 0) is 24.1 Å². The van der Waals surface area contributed by atoms with Crippen LogP contribution in [-0.4, -0.2) is 53.0 Å². The number of para-hydroxylation sites is 1. The number of carbonyl (C=O) groups excluding carboxylic acids is 1. The molecule has 2 N–H and O–H groups in total. The zero-order valence-electron chi connectivity index (χ0n) is 19.5. The molecule has 0 bridgehead atoms. The van der Waals surface area contributed by atoms with Crippen LogP contribution < -0.4 is 21.5 Å². The normalized spacial score (nSPS) is 15.1. The van der Waals surface area contributed by atoms with E-state index in [9.17, 15) is 14.4 Å². The quantitative estimate of drug-likeness (QED) is 0.382. The number of anilines is 3. The van der Waals surface area contributed by atoms with E-state index in [0.29, 0.717) is 36.4 Å². The van der Waals surface area contributed by atoms with Gasteiger partial charge in [-0.25, -0.2) is 9.78 Å². The molecule has 4 aromatic rings. The van der Waals surface area contributed by atoms with Crippen molar-refractivity contribution in [3.63, 3.8) is 0 Å². The smallest absolute Gasteiger partial charge is 0.332 e. The molecule has 0 saturated carbocycles. The van der Waals surface area contributed by atoms with Gasteiger partial charge in [0.25, 0.3) is 5.56 Å². The first kappa shape index (κ1) is 23.2. The molecule has 36 heavy (non-hydrogen) atoms. The molecular weight excluding hydrogens is 464 g/mol. The highest BCUT2D eigenvalue weighted by Gasteiger charge is 2.31. The zero-order valence-corrected chi connectivity index (χ0v) is 19.5. The minimum atomic E-state index is -0.555. The van der Waals surface area contributed by atoms with Crippen molar-refractivity contribution in [2.24, 2.45) is 7.05 Å². The molecule has 12 nitrogen and oxygen atoms in total. The number of aryl methyl sites for hydroxylation is 1. The van der Waals surface area contributed by atoms with Crippen molar-refractivity contribution >= 4 is 34.3 Å². The van der Waals surface area contributed by atoms with Crippen LogP contribution in [0.1, 0.15) is 18.0 Å². The van der Waals surface area contributed by atoms with Crippen LogP contribution in [0.15, 0.2) is 65.1 Å². The van der Waals surface area contributed by atoms with Crippen LogP contribution in [0.2, 0.25) is 0 Å². The Balaban J connectivity index is 1.57. The number of rotatable bonds is 6. The molecule has 5 rings (SSSR count). The molecule has 0 saturated heterocycles. The minimum absolute atomic E-state index is 0.0456. The second kappa shape index (κ2) is 9.23. The van der Waals surface area contributed by atoms with E-state index in [1.807, 2.05) is 18.2 Å². The third kappa shape index (κ3) is 3.86. The summed E-state index contributed by atoms with van der Waals surface area (Å²) in [4.78, 5) is 49.6. The van der Waals surface area contributed by atoms with Crippen molar-refractivity contribution in [1.29, 1.82) is 0 Å². The predicted molar refractivity (Wildman–Crippen MR) is 133 cm³/mol. The zero-order chi connectivity index (χ0) is 25.4. The Labute approximate surface area is 204 Å². The molecule has 1 atom stereocenters. The maximum absolute atomic E-state index is 13.5. The highest BCUT2D eigenvalue weighted by atomic mass is 16.3. The summed E-state index contributed by atoms with van der Waals surface area (Å²) in [7, 11) is 1.55. The van der Waals surface area contributed by atoms with Crippen molar-refractivity contribution in [1.82, 2.24) is 28.9 Å². The van der Waals surface area contributed by atoms with Crippen molar-refractivity contribution < 1.29 is 9.90 Å². The van der Waals surface area contributed by atoms with Crippen LogP contribution >= 0.6 is 0 Å². The second-order valence-electron chi connectivity index (χ2n) is 8.35. The number of nitrogens with zero attached hydrogens (tertiary/aromatic N) is 7. The molecule has 0 fully saturated rings. The number of aromatic nitrogens is 6. The Kier molecular flexibility index (Phi) is 5.94. The number of benzene rings is 1. The Morgan fingerprint density at radius 1 is 1.28 bits per heavy atom. The maximum Gasteiger partial charge on any atom is 0.332 e. The van der Waals surface area contributed by atoms with Gasteiger partial charge in [-0.3, -0.25) is 23.4 Å². The van der Waals surface area contributed by atoms with E-state index in [1.54, 1.807) is 35.1 Å². The molecule has 0 radical (unpaired) electrons. The summed E-state index contributed by atoms with van der Waals surface area (Å²) >= 11 is 0. The molecule has 12 heteroatoms. The summed E-state index contributed by atoms with van der Waals surface area (Å²) in [6, 6.07) is 6.68. The maximum atomic E-state index is 13.5. The number of hydrogen-bond acceptors (Lipinski definition) is 8. The summed E-state index contributed by atoms with van der Waals surface area (Å²) < 4.78 is 4.10. The van der Waals surface area contributed by atoms with Gasteiger partial charge in [0, 0.05) is 31.7 Å². The lowest BCUT2D eigenvalue weighted by atomic mass is 9.96. The van der Waals surface area contributed by atoms with E-state index >= 15 is 0 Å². The highest BCUT2D eigenvalue weighted by molar-refractivity contribution is 6.02. The molecule has 0 aliphatic carbocycles. The van der Waals surface area contributed by atoms with E-state index < -0.39 is 17.3 Å². The lowest BCUT2D eigenvalue weighted by Crippen LogP contribution is -2.45. The number of carbonyl (C=O) groups is 1. The van der Waals surface area contributed by atoms with Gasteiger partial charge in [0.1, 0.15) is 5.39 Å². The number of aliphatic hydroxyl groups excluding tert-OH is 1. The van der Waals surface area contributed by atoms with E-state index in [2.05, 4.69) is 27.0 Å². The Morgan fingerprint density at radius 2 is 2.08 bits per heavy atom. The number of amides is 1. The first-order chi connectivity index (χ1) is 17.4. The van der Waals surface area contributed by atoms with Crippen molar-refractivity contribution in [2.45, 2.75) is 19.0 Å². The van der Waals surface area contributed by atoms with Crippen LogP contribution in [0.4, 0.5) is 17.3 Å². The average molecular weight is 489 g/mol. The molecule has 3 aromatic heterocycles. The first-order valence-corrected chi connectivity index (χ1v) is 11.3. The van der Waals surface area contributed by atoms with Crippen LogP contribution in [0.25, 0.3) is 11.0 Å². The van der Waals surface area contributed by atoms with Crippen molar-refractivity contribution in [2.75, 3.05) is 23.4 Å². The summed E-state index contributed by atoms with van der Waals surface area (Å²) in [5.74, 6) is -0.0465. The summed E-state index contributed by atoms with van der Waals surface area (Å²) in [5, 5.41) is 16.4. The van der Waals surface area contributed by atoms with Crippen LogP contribution in [-0.2, 0) is 18.4 Å². The fourth-order valence-electron chi connectivity index (χ4n) is 4.51. The van der Waals surface area contributed by atoms with Gasteiger partial charge >= 0.3 is 5.69 Å². The predicted octanol–water partition coefficient (Wildman–Crippen LogP) is 0.935. The monoisotopic (exact) mass is 488 g/mol. The number of aliphatic hydroxyl groups is 1. The highest BCUT2D eigenvalue weighted by Crippen LogP contribution is 2.35. The molecule has 4 heterocycles. The Morgan fingerprint density at radius 3 is 2.86 bits per heavy atom. The topological polar surface area (TPSA) is 140 Å². The van der Waals surface area contributed by atoms with Crippen LogP contribution in [0.5, 0.6) is 0 Å². The number of nitrogens with one attached hydrogen (secondary N) is 1. The van der Waals surface area contributed by atoms with Gasteiger partial charge in [-0.1, -0.05) is 24.8 Å². The second-order valence-corrected chi connectivity index (χ2v) is 8.35. The van der Waals surface area contributed by atoms with Crippen LogP contribution in [0.3, 0.4) is 0 Å². The summed E-state index contributed by atoms with van der Waals surface area (Å²) in [6.45, 7) is 4.21. The van der Waals surface area contributed by atoms with Crippen molar-refractivity contribution in [3.8, 4) is 0 Å². The van der Waals surface area contributed by atoms with E-state index in [4.69, 9.17) is 5.11 Å². The molecule has 184 valence electrons.